The minimum Gasteiger partial charge on any atom is -0.347 e. The summed E-state index contributed by atoms with van der Waals surface area (Å²) in [5.41, 5.74) is 3.12. The lowest BCUT2D eigenvalue weighted by atomic mass is 10.1. The van der Waals surface area contributed by atoms with Crippen molar-refractivity contribution in [3.63, 3.8) is 0 Å². The summed E-state index contributed by atoms with van der Waals surface area (Å²) in [6, 6.07) is 9.69. The van der Waals surface area contributed by atoms with Gasteiger partial charge in [-0.2, -0.15) is 0 Å². The number of rotatable bonds is 4. The molecule has 1 N–H and O–H groups in total. The lowest BCUT2D eigenvalue weighted by Crippen LogP contribution is -2.22. The van der Waals surface area contributed by atoms with Crippen molar-refractivity contribution in [1.29, 1.82) is 0 Å². The Kier molecular flexibility index (Phi) is 4.08. The van der Waals surface area contributed by atoms with Gasteiger partial charge < -0.3 is 5.32 Å². The fraction of sp³-hybridized carbons (Fsp3) is 0.312. The Balaban J connectivity index is 1.63. The Bertz CT molecular complexity index is 614. The summed E-state index contributed by atoms with van der Waals surface area (Å²) < 4.78 is 0. The first-order valence-corrected chi connectivity index (χ1v) is 8.15. The number of aryl methyl sites for hydroxylation is 2. The highest BCUT2D eigenvalue weighted by molar-refractivity contribution is 7.12. The van der Waals surface area contributed by atoms with Gasteiger partial charge in [0.05, 0.1) is 6.54 Å². The minimum absolute atomic E-state index is 0.0365. The van der Waals surface area contributed by atoms with Crippen LogP contribution in [-0.2, 0) is 25.3 Å². The van der Waals surface area contributed by atoms with Crippen molar-refractivity contribution in [2.24, 2.45) is 0 Å². The summed E-state index contributed by atoms with van der Waals surface area (Å²) in [4.78, 5) is 14.9. The molecule has 0 radical (unpaired) electrons. The summed E-state index contributed by atoms with van der Waals surface area (Å²) >= 11 is 7.62. The first-order valence-electron chi connectivity index (χ1n) is 6.80. The molecule has 104 valence electrons. The zero-order valence-corrected chi connectivity index (χ0v) is 12.7. The van der Waals surface area contributed by atoms with Crippen LogP contribution in [0.2, 0.25) is 0 Å². The summed E-state index contributed by atoms with van der Waals surface area (Å²) in [6.07, 6.45) is 3.67. The molecule has 1 aliphatic carbocycles. The third-order valence-corrected chi connectivity index (χ3v) is 5.11. The van der Waals surface area contributed by atoms with E-state index in [4.69, 9.17) is 11.6 Å². The van der Waals surface area contributed by atoms with E-state index in [0.717, 1.165) is 5.56 Å². The Hall–Kier alpha value is -1.32. The number of hydrogen-bond donors (Lipinski definition) is 1. The van der Waals surface area contributed by atoms with Crippen molar-refractivity contribution in [3.8, 4) is 0 Å². The standard InChI is InChI=1S/C16H16ClNOS/c17-9-11-3-1-5-13(7-11)16(19)18-10-14-8-12-4-2-6-15(12)20-14/h1,3,5,7-8H,2,4,6,9-10H2,(H,18,19). The molecule has 20 heavy (non-hydrogen) atoms. The Morgan fingerprint density at radius 3 is 3.00 bits per heavy atom. The zero-order chi connectivity index (χ0) is 13.9. The topological polar surface area (TPSA) is 29.1 Å². The summed E-state index contributed by atoms with van der Waals surface area (Å²) in [5, 5.41) is 2.98. The van der Waals surface area contributed by atoms with Crippen LogP contribution in [0.3, 0.4) is 0 Å². The maximum atomic E-state index is 12.1. The smallest absolute Gasteiger partial charge is 0.251 e. The zero-order valence-electron chi connectivity index (χ0n) is 11.1. The molecule has 1 amide bonds. The van der Waals surface area contributed by atoms with Crippen LogP contribution >= 0.6 is 22.9 Å². The van der Waals surface area contributed by atoms with Crippen LogP contribution in [0.1, 0.15) is 37.7 Å². The number of carbonyl (C=O) groups excluding carboxylic acids is 1. The van der Waals surface area contributed by atoms with Crippen molar-refractivity contribution >= 4 is 28.8 Å². The molecule has 1 aromatic carbocycles. The summed E-state index contributed by atoms with van der Waals surface area (Å²) in [6.45, 7) is 0.613. The van der Waals surface area contributed by atoms with Gasteiger partial charge in [0.1, 0.15) is 0 Å². The van der Waals surface area contributed by atoms with Gasteiger partial charge in [-0.1, -0.05) is 12.1 Å². The van der Waals surface area contributed by atoms with Gasteiger partial charge in [0.25, 0.3) is 5.91 Å². The van der Waals surface area contributed by atoms with E-state index in [1.807, 2.05) is 35.6 Å². The van der Waals surface area contributed by atoms with Gasteiger partial charge in [0, 0.05) is 21.2 Å². The van der Waals surface area contributed by atoms with Crippen LogP contribution < -0.4 is 5.32 Å². The predicted octanol–water partition coefficient (Wildman–Crippen LogP) is 3.91. The van der Waals surface area contributed by atoms with E-state index in [9.17, 15) is 4.79 Å². The average Bonchev–Trinajstić information content (AvgIpc) is 3.05. The number of carbonyl (C=O) groups is 1. The van der Waals surface area contributed by atoms with E-state index in [0.29, 0.717) is 18.0 Å². The molecule has 2 aromatic rings. The van der Waals surface area contributed by atoms with Crippen LogP contribution in [-0.4, -0.2) is 5.91 Å². The molecule has 0 spiro atoms. The number of alkyl halides is 1. The second kappa shape index (κ2) is 5.98. The summed E-state index contributed by atoms with van der Waals surface area (Å²) in [5.74, 6) is 0.393. The van der Waals surface area contributed by atoms with Gasteiger partial charge in [-0.05, 0) is 48.6 Å². The Morgan fingerprint density at radius 2 is 2.20 bits per heavy atom. The third-order valence-electron chi connectivity index (χ3n) is 3.56. The number of nitrogens with one attached hydrogen (secondary N) is 1. The van der Waals surface area contributed by atoms with Crippen LogP contribution in [0, 0.1) is 0 Å². The van der Waals surface area contributed by atoms with E-state index in [-0.39, 0.29) is 5.91 Å². The largest absolute Gasteiger partial charge is 0.347 e. The first-order chi connectivity index (χ1) is 9.76. The van der Waals surface area contributed by atoms with Crippen molar-refractivity contribution in [2.75, 3.05) is 0 Å². The Morgan fingerprint density at radius 1 is 1.30 bits per heavy atom. The highest BCUT2D eigenvalue weighted by atomic mass is 35.5. The first kappa shape index (κ1) is 13.7. The monoisotopic (exact) mass is 305 g/mol. The molecule has 4 heteroatoms. The van der Waals surface area contributed by atoms with Crippen molar-refractivity contribution in [2.45, 2.75) is 31.7 Å². The highest BCUT2D eigenvalue weighted by Crippen LogP contribution is 2.30. The van der Waals surface area contributed by atoms with Crippen molar-refractivity contribution < 1.29 is 4.79 Å². The molecule has 1 heterocycles. The van der Waals surface area contributed by atoms with E-state index < -0.39 is 0 Å². The molecule has 0 aliphatic heterocycles. The molecule has 0 atom stereocenters. The average molecular weight is 306 g/mol. The molecule has 0 bridgehead atoms. The summed E-state index contributed by atoms with van der Waals surface area (Å²) in [7, 11) is 0. The van der Waals surface area contributed by atoms with Crippen molar-refractivity contribution in [3.05, 3.63) is 56.8 Å². The maximum Gasteiger partial charge on any atom is 0.251 e. The van der Waals surface area contributed by atoms with Gasteiger partial charge in [-0.25, -0.2) is 0 Å². The molecule has 0 unspecified atom stereocenters. The molecule has 1 aromatic heterocycles. The normalized spacial score (nSPS) is 13.2. The number of benzene rings is 1. The molecule has 2 nitrogen and oxygen atoms in total. The fourth-order valence-corrected chi connectivity index (χ4v) is 3.91. The molecule has 0 fully saturated rings. The lowest BCUT2D eigenvalue weighted by molar-refractivity contribution is 0.0951. The van der Waals surface area contributed by atoms with Crippen molar-refractivity contribution in [1.82, 2.24) is 5.32 Å². The van der Waals surface area contributed by atoms with E-state index in [2.05, 4.69) is 11.4 Å². The molecule has 3 rings (SSSR count). The second-order valence-electron chi connectivity index (χ2n) is 5.03. The molecular weight excluding hydrogens is 290 g/mol. The maximum absolute atomic E-state index is 12.1. The molecule has 1 aliphatic rings. The number of thiophene rings is 1. The molecule has 0 saturated carbocycles. The number of fused-ring (bicyclic) bond motifs is 1. The van der Waals surface area contributed by atoms with Crippen LogP contribution in [0.5, 0.6) is 0 Å². The number of hydrogen-bond acceptors (Lipinski definition) is 2. The quantitative estimate of drug-likeness (QED) is 0.853. The van der Waals surface area contributed by atoms with Gasteiger partial charge in [-0.15, -0.1) is 22.9 Å². The van der Waals surface area contributed by atoms with Crippen LogP contribution in [0.15, 0.2) is 30.3 Å². The van der Waals surface area contributed by atoms with E-state index in [1.54, 1.807) is 0 Å². The SMILES string of the molecule is O=C(NCc1cc2c(s1)CCC2)c1cccc(CCl)c1. The van der Waals surface area contributed by atoms with Crippen LogP contribution in [0.4, 0.5) is 0 Å². The highest BCUT2D eigenvalue weighted by Gasteiger charge is 2.15. The molecular formula is C16H16ClNOS. The molecule has 0 saturated heterocycles. The number of halogens is 1. The van der Waals surface area contributed by atoms with Gasteiger partial charge in [0.15, 0.2) is 0 Å². The second-order valence-corrected chi connectivity index (χ2v) is 6.52. The van der Waals surface area contributed by atoms with Gasteiger partial charge in [-0.3, -0.25) is 4.79 Å². The fourth-order valence-electron chi connectivity index (χ4n) is 2.54. The minimum atomic E-state index is -0.0365. The van der Waals surface area contributed by atoms with E-state index in [1.165, 1.54) is 34.6 Å². The Labute approximate surface area is 127 Å². The van der Waals surface area contributed by atoms with Gasteiger partial charge >= 0.3 is 0 Å². The van der Waals surface area contributed by atoms with Crippen LogP contribution in [0.25, 0.3) is 0 Å². The lowest BCUT2D eigenvalue weighted by Gasteiger charge is -2.05. The number of amides is 1. The van der Waals surface area contributed by atoms with Gasteiger partial charge in [0.2, 0.25) is 0 Å². The predicted molar refractivity (Wildman–Crippen MR) is 83.5 cm³/mol. The van der Waals surface area contributed by atoms with E-state index >= 15 is 0 Å². The third kappa shape index (κ3) is 2.89.